The monoisotopic (exact) mass is 390 g/mol. The number of benzene rings is 2. The first kappa shape index (κ1) is 18.7. The molecule has 1 N–H and O–H groups in total. The van der Waals surface area contributed by atoms with E-state index >= 15 is 0 Å². The summed E-state index contributed by atoms with van der Waals surface area (Å²) in [6.45, 7) is 2.83. The number of carbonyl (C=O) groups excluding carboxylic acids is 2. The molecule has 2 aromatic rings. The Kier molecular flexibility index (Phi) is 5.84. The van der Waals surface area contributed by atoms with Gasteiger partial charge in [0.2, 0.25) is 5.91 Å². The molecule has 6 heteroatoms. The summed E-state index contributed by atoms with van der Waals surface area (Å²) in [7, 11) is 0. The van der Waals surface area contributed by atoms with Crippen LogP contribution >= 0.6 is 23.2 Å². The van der Waals surface area contributed by atoms with Crippen LogP contribution in [0.5, 0.6) is 0 Å². The van der Waals surface area contributed by atoms with E-state index in [9.17, 15) is 9.59 Å². The molecule has 0 saturated carbocycles. The normalized spacial score (nSPS) is 13.5. The quantitative estimate of drug-likeness (QED) is 0.750. The third kappa shape index (κ3) is 4.02. The molecule has 3 rings (SSSR count). The standard InChI is InChI=1S/C20H20Cl2N2O2/c1-2-3-10-24-18-8-6-15(11-13(18)4-9-19(24)25)23-20(26)16-12-14(21)5-7-17(16)22/h5-8,11-12H,2-4,9-10H2,1H3,(H,23,26). The van der Waals surface area contributed by atoms with Gasteiger partial charge >= 0.3 is 0 Å². The number of hydrogen-bond donors (Lipinski definition) is 1. The van der Waals surface area contributed by atoms with Gasteiger partial charge in [0.1, 0.15) is 0 Å². The average Bonchev–Trinajstić information content (AvgIpc) is 2.63. The molecule has 4 nitrogen and oxygen atoms in total. The molecule has 26 heavy (non-hydrogen) atoms. The van der Waals surface area contributed by atoms with Gasteiger partial charge < -0.3 is 10.2 Å². The first-order chi connectivity index (χ1) is 12.5. The van der Waals surface area contributed by atoms with Gasteiger partial charge in [0.25, 0.3) is 5.91 Å². The number of hydrogen-bond acceptors (Lipinski definition) is 2. The Hall–Kier alpha value is -2.04. The summed E-state index contributed by atoms with van der Waals surface area (Å²) in [4.78, 5) is 26.6. The second-order valence-corrected chi connectivity index (χ2v) is 7.16. The predicted octanol–water partition coefficient (Wildman–Crippen LogP) is 5.33. The molecule has 1 heterocycles. The van der Waals surface area contributed by atoms with Crippen LogP contribution in [0.3, 0.4) is 0 Å². The Morgan fingerprint density at radius 2 is 1.96 bits per heavy atom. The smallest absolute Gasteiger partial charge is 0.257 e. The largest absolute Gasteiger partial charge is 0.322 e. The molecule has 2 aromatic carbocycles. The van der Waals surface area contributed by atoms with Gasteiger partial charge in [-0.25, -0.2) is 0 Å². The molecule has 1 aliphatic heterocycles. The third-order valence-corrected chi connectivity index (χ3v) is 5.01. The van der Waals surface area contributed by atoms with Gasteiger partial charge in [0, 0.05) is 29.4 Å². The Labute approximate surface area is 163 Å². The number of nitrogens with one attached hydrogen (secondary N) is 1. The fourth-order valence-corrected chi connectivity index (χ4v) is 3.44. The molecule has 0 radical (unpaired) electrons. The van der Waals surface area contributed by atoms with Crippen LogP contribution in [-0.2, 0) is 11.2 Å². The van der Waals surface area contributed by atoms with Crippen LogP contribution in [-0.4, -0.2) is 18.4 Å². The van der Waals surface area contributed by atoms with Crippen LogP contribution in [0.2, 0.25) is 10.0 Å². The van der Waals surface area contributed by atoms with Gasteiger partial charge in [0.05, 0.1) is 10.6 Å². The highest BCUT2D eigenvalue weighted by atomic mass is 35.5. The molecule has 0 aliphatic carbocycles. The molecule has 0 unspecified atom stereocenters. The molecule has 0 spiro atoms. The van der Waals surface area contributed by atoms with Crippen molar-refractivity contribution < 1.29 is 9.59 Å². The summed E-state index contributed by atoms with van der Waals surface area (Å²) in [5.74, 6) is -0.152. The highest BCUT2D eigenvalue weighted by Crippen LogP contribution is 2.31. The summed E-state index contributed by atoms with van der Waals surface area (Å²) in [6, 6.07) is 10.4. The molecule has 0 saturated heterocycles. The fourth-order valence-electron chi connectivity index (χ4n) is 3.07. The topological polar surface area (TPSA) is 49.4 Å². The second kappa shape index (κ2) is 8.11. The highest BCUT2D eigenvalue weighted by Gasteiger charge is 2.24. The number of unbranched alkanes of at least 4 members (excludes halogenated alkanes) is 1. The molecular weight excluding hydrogens is 371 g/mol. The van der Waals surface area contributed by atoms with E-state index in [0.717, 1.165) is 30.6 Å². The van der Waals surface area contributed by atoms with Crippen molar-refractivity contribution in [2.75, 3.05) is 16.8 Å². The maximum Gasteiger partial charge on any atom is 0.257 e. The minimum atomic E-state index is -0.313. The maximum absolute atomic E-state index is 12.5. The van der Waals surface area contributed by atoms with Gasteiger partial charge in [0.15, 0.2) is 0 Å². The lowest BCUT2D eigenvalue weighted by atomic mass is 10.00. The molecule has 0 aromatic heterocycles. The maximum atomic E-state index is 12.5. The Bertz CT molecular complexity index is 852. The Morgan fingerprint density at radius 1 is 1.15 bits per heavy atom. The van der Waals surface area contributed by atoms with E-state index in [-0.39, 0.29) is 11.8 Å². The van der Waals surface area contributed by atoms with E-state index in [0.29, 0.717) is 34.1 Å². The molecule has 0 fully saturated rings. The van der Waals surface area contributed by atoms with Crippen molar-refractivity contribution >= 4 is 46.4 Å². The van der Waals surface area contributed by atoms with Crippen molar-refractivity contribution in [3.05, 3.63) is 57.6 Å². The number of amides is 2. The van der Waals surface area contributed by atoms with Gasteiger partial charge in [-0.3, -0.25) is 9.59 Å². The number of rotatable bonds is 5. The van der Waals surface area contributed by atoms with Crippen LogP contribution in [0.4, 0.5) is 11.4 Å². The van der Waals surface area contributed by atoms with Gasteiger partial charge in [-0.05, 0) is 54.8 Å². The first-order valence-electron chi connectivity index (χ1n) is 8.69. The van der Waals surface area contributed by atoms with Crippen LogP contribution in [0, 0.1) is 0 Å². The van der Waals surface area contributed by atoms with Crippen molar-refractivity contribution in [1.29, 1.82) is 0 Å². The minimum Gasteiger partial charge on any atom is -0.322 e. The molecule has 0 atom stereocenters. The zero-order chi connectivity index (χ0) is 18.7. The van der Waals surface area contributed by atoms with Crippen LogP contribution in [0.1, 0.15) is 42.1 Å². The van der Waals surface area contributed by atoms with Crippen molar-refractivity contribution in [2.24, 2.45) is 0 Å². The fraction of sp³-hybridized carbons (Fsp3) is 0.300. The number of anilines is 2. The number of fused-ring (bicyclic) bond motifs is 1. The lowest BCUT2D eigenvalue weighted by Crippen LogP contribution is -2.35. The SMILES string of the molecule is CCCCN1C(=O)CCc2cc(NC(=O)c3cc(Cl)ccc3Cl)ccc21. The number of aryl methyl sites for hydroxylation is 1. The van der Waals surface area contributed by atoms with Crippen molar-refractivity contribution in [3.8, 4) is 0 Å². The third-order valence-electron chi connectivity index (χ3n) is 4.45. The van der Waals surface area contributed by atoms with Crippen molar-refractivity contribution in [1.82, 2.24) is 0 Å². The number of carbonyl (C=O) groups is 2. The van der Waals surface area contributed by atoms with Gasteiger partial charge in [-0.15, -0.1) is 0 Å². The molecule has 2 amide bonds. The average molecular weight is 391 g/mol. The zero-order valence-electron chi connectivity index (χ0n) is 14.5. The number of halogens is 2. The van der Waals surface area contributed by atoms with E-state index in [1.54, 1.807) is 18.2 Å². The molecule has 0 bridgehead atoms. The second-order valence-electron chi connectivity index (χ2n) is 6.32. The van der Waals surface area contributed by atoms with Crippen LogP contribution in [0.15, 0.2) is 36.4 Å². The Balaban J connectivity index is 1.81. The molecular formula is C20H20Cl2N2O2. The molecule has 136 valence electrons. The van der Waals surface area contributed by atoms with E-state index in [4.69, 9.17) is 23.2 Å². The summed E-state index contributed by atoms with van der Waals surface area (Å²) in [5.41, 5.74) is 3.01. The van der Waals surface area contributed by atoms with E-state index in [2.05, 4.69) is 12.2 Å². The summed E-state index contributed by atoms with van der Waals surface area (Å²) < 4.78 is 0. The van der Waals surface area contributed by atoms with Gasteiger partial charge in [-0.2, -0.15) is 0 Å². The lowest BCUT2D eigenvalue weighted by Gasteiger charge is -2.29. The zero-order valence-corrected chi connectivity index (χ0v) is 16.0. The Morgan fingerprint density at radius 3 is 2.73 bits per heavy atom. The summed E-state index contributed by atoms with van der Waals surface area (Å²) in [6.07, 6.45) is 3.18. The summed E-state index contributed by atoms with van der Waals surface area (Å²) in [5, 5.41) is 3.66. The van der Waals surface area contributed by atoms with E-state index in [1.165, 1.54) is 0 Å². The lowest BCUT2D eigenvalue weighted by molar-refractivity contribution is -0.118. The van der Waals surface area contributed by atoms with Crippen molar-refractivity contribution in [3.63, 3.8) is 0 Å². The van der Waals surface area contributed by atoms with Gasteiger partial charge in [-0.1, -0.05) is 36.5 Å². The highest BCUT2D eigenvalue weighted by molar-refractivity contribution is 6.36. The van der Waals surface area contributed by atoms with E-state index in [1.807, 2.05) is 23.1 Å². The number of nitrogens with zero attached hydrogens (tertiary/aromatic N) is 1. The first-order valence-corrected chi connectivity index (χ1v) is 9.45. The molecule has 1 aliphatic rings. The predicted molar refractivity (Wildman–Crippen MR) is 106 cm³/mol. The van der Waals surface area contributed by atoms with Crippen LogP contribution < -0.4 is 10.2 Å². The summed E-state index contributed by atoms with van der Waals surface area (Å²) >= 11 is 12.0. The minimum absolute atomic E-state index is 0.161. The van der Waals surface area contributed by atoms with E-state index < -0.39 is 0 Å². The van der Waals surface area contributed by atoms with Crippen molar-refractivity contribution in [2.45, 2.75) is 32.6 Å². The van der Waals surface area contributed by atoms with Crippen LogP contribution in [0.25, 0.3) is 0 Å².